The zero-order chi connectivity index (χ0) is 15.6. The number of carboxylic acid groups (broad SMARTS) is 1. The monoisotopic (exact) mass is 371 g/mol. The number of benzene rings is 2. The Labute approximate surface area is 134 Å². The van der Waals surface area contributed by atoms with Crippen LogP contribution in [0.3, 0.4) is 0 Å². The first-order valence-corrected chi connectivity index (χ1v) is 7.23. The van der Waals surface area contributed by atoms with Crippen LogP contribution >= 0.6 is 27.5 Å². The molecule has 0 heterocycles. The lowest BCUT2D eigenvalue weighted by Gasteiger charge is -2.28. The van der Waals surface area contributed by atoms with Crippen LogP contribution < -0.4 is 5.32 Å². The average molecular weight is 373 g/mol. The number of rotatable bonds is 4. The summed E-state index contributed by atoms with van der Waals surface area (Å²) in [5, 5.41) is 12.9. The van der Waals surface area contributed by atoms with E-state index in [1.54, 1.807) is 24.3 Å². The third-order valence-electron chi connectivity index (χ3n) is 3.15. The maximum Gasteiger partial charge on any atom is 0.333 e. The van der Waals surface area contributed by atoms with Crippen LogP contribution in [0.5, 0.6) is 0 Å². The molecule has 0 amide bonds. The van der Waals surface area contributed by atoms with Crippen LogP contribution in [0.1, 0.15) is 12.5 Å². The molecule has 0 aromatic heterocycles. The van der Waals surface area contributed by atoms with Crippen LogP contribution in [0.15, 0.2) is 46.9 Å². The van der Waals surface area contributed by atoms with Crippen molar-refractivity contribution in [3.8, 4) is 0 Å². The molecule has 0 spiro atoms. The largest absolute Gasteiger partial charge is 0.479 e. The second kappa shape index (κ2) is 6.03. The Kier molecular flexibility index (Phi) is 4.54. The first-order valence-electron chi connectivity index (χ1n) is 6.06. The molecule has 0 saturated carbocycles. The van der Waals surface area contributed by atoms with Crippen molar-refractivity contribution in [1.82, 2.24) is 0 Å². The zero-order valence-corrected chi connectivity index (χ0v) is 13.4. The highest BCUT2D eigenvalue weighted by Crippen LogP contribution is 2.31. The third-order valence-corrected chi connectivity index (χ3v) is 4.37. The van der Waals surface area contributed by atoms with E-state index in [1.807, 2.05) is 0 Å². The first-order chi connectivity index (χ1) is 9.84. The SMILES string of the molecule is CC(Nc1ccc(Cl)c(Br)c1)(C(=O)O)c1ccccc1F. The number of aliphatic carboxylic acids is 1. The Morgan fingerprint density at radius 3 is 2.57 bits per heavy atom. The van der Waals surface area contributed by atoms with Crippen molar-refractivity contribution in [2.75, 3.05) is 5.32 Å². The predicted molar refractivity (Wildman–Crippen MR) is 84.2 cm³/mol. The number of anilines is 1. The molecule has 0 bridgehead atoms. The molecule has 0 aliphatic heterocycles. The molecule has 0 saturated heterocycles. The number of hydrogen-bond acceptors (Lipinski definition) is 2. The van der Waals surface area contributed by atoms with Crippen molar-refractivity contribution in [2.45, 2.75) is 12.5 Å². The van der Waals surface area contributed by atoms with E-state index in [0.717, 1.165) is 0 Å². The van der Waals surface area contributed by atoms with Gasteiger partial charge in [-0.3, -0.25) is 0 Å². The van der Waals surface area contributed by atoms with Crippen LogP contribution in [-0.4, -0.2) is 11.1 Å². The molecular weight excluding hydrogens is 361 g/mol. The summed E-state index contributed by atoms with van der Waals surface area (Å²) >= 11 is 9.17. The van der Waals surface area contributed by atoms with E-state index in [1.165, 1.54) is 25.1 Å². The predicted octanol–water partition coefficient (Wildman–Crippen LogP) is 4.65. The molecule has 0 aliphatic carbocycles. The average Bonchev–Trinajstić information content (AvgIpc) is 2.43. The summed E-state index contributed by atoms with van der Waals surface area (Å²) < 4.78 is 14.6. The quantitative estimate of drug-likeness (QED) is 0.821. The smallest absolute Gasteiger partial charge is 0.333 e. The molecule has 3 nitrogen and oxygen atoms in total. The molecule has 2 N–H and O–H groups in total. The van der Waals surface area contributed by atoms with Gasteiger partial charge in [-0.05, 0) is 47.1 Å². The summed E-state index contributed by atoms with van der Waals surface area (Å²) in [6.45, 7) is 1.41. The highest BCUT2D eigenvalue weighted by Gasteiger charge is 2.37. The summed E-state index contributed by atoms with van der Waals surface area (Å²) in [6, 6.07) is 10.7. The molecule has 0 radical (unpaired) electrons. The summed E-state index contributed by atoms with van der Waals surface area (Å²) in [4.78, 5) is 11.7. The fourth-order valence-corrected chi connectivity index (χ4v) is 2.46. The lowest BCUT2D eigenvalue weighted by atomic mass is 9.91. The summed E-state index contributed by atoms with van der Waals surface area (Å²) in [6.07, 6.45) is 0. The number of nitrogens with one attached hydrogen (secondary N) is 1. The van der Waals surface area contributed by atoms with Gasteiger partial charge in [0.1, 0.15) is 5.82 Å². The second-order valence-electron chi connectivity index (χ2n) is 4.66. The van der Waals surface area contributed by atoms with E-state index < -0.39 is 17.3 Å². The number of hydrogen-bond donors (Lipinski definition) is 2. The van der Waals surface area contributed by atoms with Gasteiger partial charge in [0, 0.05) is 15.7 Å². The normalized spacial score (nSPS) is 13.5. The van der Waals surface area contributed by atoms with Gasteiger partial charge in [0.25, 0.3) is 0 Å². The number of carbonyl (C=O) groups is 1. The van der Waals surface area contributed by atoms with Gasteiger partial charge in [-0.15, -0.1) is 0 Å². The molecule has 6 heteroatoms. The van der Waals surface area contributed by atoms with E-state index in [0.29, 0.717) is 15.2 Å². The fourth-order valence-electron chi connectivity index (χ4n) is 1.97. The van der Waals surface area contributed by atoms with Crippen LogP contribution in [0, 0.1) is 5.82 Å². The molecule has 0 aliphatic rings. The lowest BCUT2D eigenvalue weighted by Crippen LogP contribution is -2.41. The van der Waals surface area contributed by atoms with Gasteiger partial charge in [-0.2, -0.15) is 0 Å². The summed E-state index contributed by atoms with van der Waals surface area (Å²) in [5.74, 6) is -1.76. The maximum absolute atomic E-state index is 14.0. The molecule has 2 aromatic rings. The minimum absolute atomic E-state index is 0.0589. The van der Waals surface area contributed by atoms with Crippen LogP contribution in [0.2, 0.25) is 5.02 Å². The molecule has 1 unspecified atom stereocenters. The lowest BCUT2D eigenvalue weighted by molar-refractivity contribution is -0.142. The van der Waals surface area contributed by atoms with Crippen LogP contribution in [0.4, 0.5) is 10.1 Å². The zero-order valence-electron chi connectivity index (χ0n) is 11.0. The van der Waals surface area contributed by atoms with Gasteiger partial charge in [-0.1, -0.05) is 29.8 Å². The van der Waals surface area contributed by atoms with Gasteiger partial charge in [0.2, 0.25) is 0 Å². The van der Waals surface area contributed by atoms with Gasteiger partial charge in [-0.25, -0.2) is 9.18 Å². The molecule has 1 atom stereocenters. The fraction of sp³-hybridized carbons (Fsp3) is 0.133. The van der Waals surface area contributed by atoms with Crippen LogP contribution in [0.25, 0.3) is 0 Å². The van der Waals surface area contributed by atoms with E-state index in [-0.39, 0.29) is 5.56 Å². The standard InChI is InChI=1S/C15H12BrClFNO2/c1-15(14(20)21,10-4-2-3-5-13(10)18)19-9-6-7-12(17)11(16)8-9/h2-8,19H,1H3,(H,20,21). The Morgan fingerprint density at radius 1 is 1.33 bits per heavy atom. The van der Waals surface area contributed by atoms with Crippen molar-refractivity contribution in [3.63, 3.8) is 0 Å². The van der Waals surface area contributed by atoms with Gasteiger partial charge < -0.3 is 10.4 Å². The van der Waals surface area contributed by atoms with Crippen molar-refractivity contribution >= 4 is 39.2 Å². The van der Waals surface area contributed by atoms with Gasteiger partial charge in [0.05, 0.1) is 5.02 Å². The van der Waals surface area contributed by atoms with Crippen LogP contribution in [-0.2, 0) is 10.3 Å². The number of halogens is 3. The topological polar surface area (TPSA) is 49.3 Å². The second-order valence-corrected chi connectivity index (χ2v) is 5.93. The molecule has 0 fully saturated rings. The van der Waals surface area contributed by atoms with E-state index in [9.17, 15) is 14.3 Å². The molecule has 2 aromatic carbocycles. The van der Waals surface area contributed by atoms with Gasteiger partial charge >= 0.3 is 5.97 Å². The Hall–Kier alpha value is -1.59. The Bertz CT molecular complexity index is 695. The molecule has 2 rings (SSSR count). The van der Waals surface area contributed by atoms with Crippen molar-refractivity contribution < 1.29 is 14.3 Å². The van der Waals surface area contributed by atoms with E-state index in [4.69, 9.17) is 11.6 Å². The van der Waals surface area contributed by atoms with E-state index in [2.05, 4.69) is 21.2 Å². The first kappa shape index (κ1) is 15.8. The number of carboxylic acids is 1. The summed E-state index contributed by atoms with van der Waals surface area (Å²) in [7, 11) is 0. The minimum atomic E-state index is -1.60. The molecule has 21 heavy (non-hydrogen) atoms. The van der Waals surface area contributed by atoms with Gasteiger partial charge in [0.15, 0.2) is 5.54 Å². The van der Waals surface area contributed by atoms with Crippen molar-refractivity contribution in [2.24, 2.45) is 0 Å². The summed E-state index contributed by atoms with van der Waals surface area (Å²) in [5.41, 5.74) is -1.03. The minimum Gasteiger partial charge on any atom is -0.479 e. The highest BCUT2D eigenvalue weighted by atomic mass is 79.9. The van der Waals surface area contributed by atoms with E-state index >= 15 is 0 Å². The Morgan fingerprint density at radius 2 is 2.00 bits per heavy atom. The molecule has 110 valence electrons. The molecular formula is C15H12BrClFNO2. The Balaban J connectivity index is 2.46. The third kappa shape index (κ3) is 3.19. The maximum atomic E-state index is 14.0. The highest BCUT2D eigenvalue weighted by molar-refractivity contribution is 9.10. The van der Waals surface area contributed by atoms with Crippen molar-refractivity contribution in [3.05, 3.63) is 63.3 Å². The van der Waals surface area contributed by atoms with Crippen molar-refractivity contribution in [1.29, 1.82) is 0 Å².